The van der Waals surface area contributed by atoms with Crippen LogP contribution in [0.1, 0.15) is 33.1 Å². The summed E-state index contributed by atoms with van der Waals surface area (Å²) in [6, 6.07) is -0.631. The number of carbonyl (C=O) groups is 2. The van der Waals surface area contributed by atoms with E-state index in [4.69, 9.17) is 5.73 Å². The maximum absolute atomic E-state index is 11.8. The van der Waals surface area contributed by atoms with Crippen LogP contribution in [0.3, 0.4) is 0 Å². The summed E-state index contributed by atoms with van der Waals surface area (Å²) in [6.07, 6.45) is 1.69. The second-order valence-electron chi connectivity index (χ2n) is 4.07. The van der Waals surface area contributed by atoms with Gasteiger partial charge < -0.3 is 15.7 Å². The summed E-state index contributed by atoms with van der Waals surface area (Å²) in [5, 5.41) is 9.23. The molecule has 1 unspecified atom stereocenters. The van der Waals surface area contributed by atoms with Crippen LogP contribution in [0.4, 0.5) is 0 Å². The number of carbonyl (C=O) groups excluding carboxylic acids is 1. The number of amides is 1. The molecule has 0 aromatic carbocycles. The Kier molecular flexibility index (Phi) is 3.34. The first-order chi connectivity index (χ1) is 6.95. The predicted octanol–water partition coefficient (Wildman–Crippen LogP) is 0.189. The number of hydrogen-bond donors (Lipinski definition) is 2. The van der Waals surface area contributed by atoms with Crippen LogP contribution in [-0.4, -0.2) is 40.0 Å². The molecular formula is C10H18N2O3. The van der Waals surface area contributed by atoms with Gasteiger partial charge in [0.1, 0.15) is 5.54 Å². The van der Waals surface area contributed by atoms with E-state index in [0.717, 1.165) is 6.42 Å². The third kappa shape index (κ3) is 1.84. The standard InChI is InChI=1S/C10H18N2O3/c1-3-10(9(14)15)5-4-6-12(10)8(13)7(2)11/h7H,3-6,11H2,1-2H3,(H,14,15)/t7-,10?/m1/s1. The van der Waals surface area contributed by atoms with Gasteiger partial charge in [0.25, 0.3) is 0 Å². The van der Waals surface area contributed by atoms with Crippen molar-refractivity contribution >= 4 is 11.9 Å². The third-order valence-corrected chi connectivity index (χ3v) is 3.13. The SMILES string of the molecule is CCC1(C(=O)O)CCCN1C(=O)[C@@H](C)N. The van der Waals surface area contributed by atoms with Crippen molar-refractivity contribution in [3.63, 3.8) is 0 Å². The molecule has 0 bridgehead atoms. The Labute approximate surface area is 89.2 Å². The number of aliphatic carboxylic acids is 1. The van der Waals surface area contributed by atoms with Gasteiger partial charge in [0.15, 0.2) is 0 Å². The van der Waals surface area contributed by atoms with E-state index in [2.05, 4.69) is 0 Å². The third-order valence-electron chi connectivity index (χ3n) is 3.13. The van der Waals surface area contributed by atoms with Crippen molar-refractivity contribution in [1.82, 2.24) is 4.90 Å². The highest BCUT2D eigenvalue weighted by Gasteiger charge is 2.48. The molecule has 5 nitrogen and oxygen atoms in total. The zero-order chi connectivity index (χ0) is 11.6. The Bertz CT molecular complexity index is 278. The first-order valence-corrected chi connectivity index (χ1v) is 5.26. The zero-order valence-corrected chi connectivity index (χ0v) is 9.19. The Morgan fingerprint density at radius 2 is 2.20 bits per heavy atom. The van der Waals surface area contributed by atoms with E-state index in [1.807, 2.05) is 0 Å². The lowest BCUT2D eigenvalue weighted by atomic mass is 9.92. The molecule has 2 atom stereocenters. The van der Waals surface area contributed by atoms with Crippen molar-refractivity contribution in [3.05, 3.63) is 0 Å². The summed E-state index contributed by atoms with van der Waals surface area (Å²) in [4.78, 5) is 24.4. The highest BCUT2D eigenvalue weighted by molar-refractivity contribution is 5.90. The minimum absolute atomic E-state index is 0.267. The Morgan fingerprint density at radius 3 is 2.60 bits per heavy atom. The molecule has 15 heavy (non-hydrogen) atoms. The van der Waals surface area contributed by atoms with Gasteiger partial charge in [0.2, 0.25) is 5.91 Å². The highest BCUT2D eigenvalue weighted by atomic mass is 16.4. The second-order valence-corrected chi connectivity index (χ2v) is 4.07. The number of nitrogens with zero attached hydrogens (tertiary/aromatic N) is 1. The topological polar surface area (TPSA) is 83.6 Å². The lowest BCUT2D eigenvalue weighted by Crippen LogP contribution is -2.56. The van der Waals surface area contributed by atoms with Crippen LogP contribution in [-0.2, 0) is 9.59 Å². The Balaban J connectivity index is 2.97. The van der Waals surface area contributed by atoms with E-state index in [9.17, 15) is 14.7 Å². The average molecular weight is 214 g/mol. The van der Waals surface area contributed by atoms with E-state index < -0.39 is 17.6 Å². The van der Waals surface area contributed by atoms with Crippen molar-refractivity contribution in [3.8, 4) is 0 Å². The van der Waals surface area contributed by atoms with Crippen LogP contribution in [0.2, 0.25) is 0 Å². The van der Waals surface area contributed by atoms with Crippen LogP contribution in [0.5, 0.6) is 0 Å². The van der Waals surface area contributed by atoms with Gasteiger partial charge in [-0.25, -0.2) is 4.79 Å². The number of nitrogens with two attached hydrogens (primary N) is 1. The van der Waals surface area contributed by atoms with Crippen molar-refractivity contribution in [2.75, 3.05) is 6.54 Å². The summed E-state index contributed by atoms with van der Waals surface area (Å²) in [5.41, 5.74) is 4.48. The summed E-state index contributed by atoms with van der Waals surface area (Å²) in [6.45, 7) is 3.88. The Hall–Kier alpha value is -1.10. The molecule has 1 fully saturated rings. The van der Waals surface area contributed by atoms with Crippen molar-refractivity contribution < 1.29 is 14.7 Å². The van der Waals surface area contributed by atoms with Gasteiger partial charge in [-0.1, -0.05) is 6.92 Å². The highest BCUT2D eigenvalue weighted by Crippen LogP contribution is 2.33. The van der Waals surface area contributed by atoms with Gasteiger partial charge in [0, 0.05) is 6.54 Å². The first kappa shape index (κ1) is 12.0. The molecule has 0 radical (unpaired) electrons. The van der Waals surface area contributed by atoms with Crippen LogP contribution < -0.4 is 5.73 Å². The normalized spacial score (nSPS) is 27.8. The average Bonchev–Trinajstić information content (AvgIpc) is 2.60. The quantitative estimate of drug-likeness (QED) is 0.702. The molecule has 1 amide bonds. The fraction of sp³-hybridized carbons (Fsp3) is 0.800. The molecule has 0 aliphatic carbocycles. The molecule has 0 spiro atoms. The van der Waals surface area contributed by atoms with Gasteiger partial charge >= 0.3 is 5.97 Å². The second kappa shape index (κ2) is 4.18. The molecule has 0 aromatic rings. The molecule has 1 rings (SSSR count). The van der Waals surface area contributed by atoms with Crippen LogP contribution in [0, 0.1) is 0 Å². The van der Waals surface area contributed by atoms with Crippen LogP contribution in [0.15, 0.2) is 0 Å². The van der Waals surface area contributed by atoms with E-state index in [1.165, 1.54) is 4.90 Å². The lowest BCUT2D eigenvalue weighted by Gasteiger charge is -2.34. The number of hydrogen-bond acceptors (Lipinski definition) is 3. The number of likely N-dealkylation sites (tertiary alicyclic amines) is 1. The fourth-order valence-electron chi connectivity index (χ4n) is 2.19. The fourth-order valence-corrected chi connectivity index (χ4v) is 2.19. The molecule has 3 N–H and O–H groups in total. The largest absolute Gasteiger partial charge is 0.479 e. The van der Waals surface area contributed by atoms with Gasteiger partial charge in [-0.2, -0.15) is 0 Å². The molecule has 1 aliphatic heterocycles. The molecule has 1 aliphatic rings. The van der Waals surface area contributed by atoms with E-state index in [1.54, 1.807) is 13.8 Å². The monoisotopic (exact) mass is 214 g/mol. The molecule has 0 saturated carbocycles. The smallest absolute Gasteiger partial charge is 0.329 e. The minimum atomic E-state index is -1.02. The molecule has 5 heteroatoms. The number of rotatable bonds is 3. The molecule has 1 heterocycles. The summed E-state index contributed by atoms with van der Waals surface area (Å²) >= 11 is 0. The van der Waals surface area contributed by atoms with Gasteiger partial charge in [-0.05, 0) is 26.2 Å². The molecule has 86 valence electrons. The molecule has 1 saturated heterocycles. The molecular weight excluding hydrogens is 196 g/mol. The minimum Gasteiger partial charge on any atom is -0.479 e. The van der Waals surface area contributed by atoms with E-state index in [0.29, 0.717) is 19.4 Å². The summed E-state index contributed by atoms with van der Waals surface area (Å²) in [7, 11) is 0. The van der Waals surface area contributed by atoms with Gasteiger partial charge in [-0.3, -0.25) is 4.79 Å². The lowest BCUT2D eigenvalue weighted by molar-refractivity contribution is -0.157. The maximum atomic E-state index is 11.8. The van der Waals surface area contributed by atoms with Crippen molar-refractivity contribution in [1.29, 1.82) is 0 Å². The predicted molar refractivity (Wildman–Crippen MR) is 55.3 cm³/mol. The summed E-state index contributed by atoms with van der Waals surface area (Å²) in [5.74, 6) is -1.19. The van der Waals surface area contributed by atoms with E-state index in [-0.39, 0.29) is 5.91 Å². The number of carboxylic acid groups (broad SMARTS) is 1. The van der Waals surface area contributed by atoms with Gasteiger partial charge in [-0.15, -0.1) is 0 Å². The number of carboxylic acids is 1. The zero-order valence-electron chi connectivity index (χ0n) is 9.19. The van der Waals surface area contributed by atoms with Crippen molar-refractivity contribution in [2.24, 2.45) is 5.73 Å². The van der Waals surface area contributed by atoms with Crippen LogP contribution in [0.25, 0.3) is 0 Å². The Morgan fingerprint density at radius 1 is 1.60 bits per heavy atom. The van der Waals surface area contributed by atoms with Crippen LogP contribution >= 0.6 is 0 Å². The van der Waals surface area contributed by atoms with Gasteiger partial charge in [0.05, 0.1) is 6.04 Å². The molecule has 0 aromatic heterocycles. The maximum Gasteiger partial charge on any atom is 0.329 e. The summed E-state index contributed by atoms with van der Waals surface area (Å²) < 4.78 is 0. The van der Waals surface area contributed by atoms with Crippen molar-refractivity contribution in [2.45, 2.75) is 44.7 Å². The van der Waals surface area contributed by atoms with E-state index >= 15 is 0 Å². The first-order valence-electron chi connectivity index (χ1n) is 5.26.